The standard InChI is InChI=1S/C11H12N2O3S2/c12-9-3-4-10(14)8(6-9)7-13-18(15,16)11-2-1-5-17-11/h1-6,13-14H,7,12H2. The number of aromatic hydroxyl groups is 1. The van der Waals surface area contributed by atoms with Crippen LogP contribution in [0.25, 0.3) is 0 Å². The Morgan fingerprint density at radius 2 is 2.11 bits per heavy atom. The van der Waals surface area contributed by atoms with Crippen LogP contribution in [0, 0.1) is 0 Å². The van der Waals surface area contributed by atoms with E-state index in [2.05, 4.69) is 4.72 Å². The Labute approximate surface area is 109 Å². The van der Waals surface area contributed by atoms with Crippen molar-refractivity contribution >= 4 is 27.0 Å². The van der Waals surface area contributed by atoms with Gasteiger partial charge in [0.25, 0.3) is 0 Å². The summed E-state index contributed by atoms with van der Waals surface area (Å²) in [4.78, 5) is 0. The molecule has 0 atom stereocenters. The average Bonchev–Trinajstić information content (AvgIpc) is 2.85. The van der Waals surface area contributed by atoms with Gasteiger partial charge in [0, 0.05) is 17.8 Å². The van der Waals surface area contributed by atoms with Crippen LogP contribution in [0.3, 0.4) is 0 Å². The predicted molar refractivity (Wildman–Crippen MR) is 70.9 cm³/mol. The minimum absolute atomic E-state index is 0.00287. The van der Waals surface area contributed by atoms with E-state index < -0.39 is 10.0 Å². The largest absolute Gasteiger partial charge is 0.508 e. The molecule has 0 saturated carbocycles. The SMILES string of the molecule is Nc1ccc(O)c(CNS(=O)(=O)c2cccs2)c1. The molecule has 0 spiro atoms. The van der Waals surface area contributed by atoms with E-state index in [4.69, 9.17) is 5.73 Å². The highest BCUT2D eigenvalue weighted by molar-refractivity contribution is 7.91. The second-order valence-electron chi connectivity index (χ2n) is 3.64. The van der Waals surface area contributed by atoms with Crippen LogP contribution >= 0.6 is 11.3 Å². The number of thiophene rings is 1. The molecule has 0 aliphatic rings. The zero-order valence-electron chi connectivity index (χ0n) is 9.33. The number of rotatable bonds is 4. The van der Waals surface area contributed by atoms with Gasteiger partial charge < -0.3 is 10.8 Å². The van der Waals surface area contributed by atoms with Gasteiger partial charge in [-0.25, -0.2) is 13.1 Å². The van der Waals surface area contributed by atoms with Crippen LogP contribution in [-0.4, -0.2) is 13.5 Å². The summed E-state index contributed by atoms with van der Waals surface area (Å²) < 4.78 is 26.4. The van der Waals surface area contributed by atoms with Gasteiger partial charge in [0.15, 0.2) is 0 Å². The van der Waals surface area contributed by atoms with Gasteiger partial charge in [-0.15, -0.1) is 11.3 Å². The van der Waals surface area contributed by atoms with Crippen molar-refractivity contribution in [3.8, 4) is 5.75 Å². The maximum absolute atomic E-state index is 11.8. The number of anilines is 1. The van der Waals surface area contributed by atoms with Gasteiger partial charge in [0.2, 0.25) is 10.0 Å². The Bertz CT molecular complexity index is 636. The number of hydrogen-bond donors (Lipinski definition) is 3. The third-order valence-electron chi connectivity index (χ3n) is 2.32. The average molecular weight is 284 g/mol. The minimum atomic E-state index is -3.53. The fourth-order valence-corrected chi connectivity index (χ4v) is 3.45. The highest BCUT2D eigenvalue weighted by Crippen LogP contribution is 2.21. The molecule has 1 heterocycles. The van der Waals surface area contributed by atoms with Crippen molar-refractivity contribution in [2.45, 2.75) is 10.8 Å². The van der Waals surface area contributed by atoms with Gasteiger partial charge in [-0.1, -0.05) is 6.07 Å². The van der Waals surface area contributed by atoms with Crippen molar-refractivity contribution in [2.24, 2.45) is 0 Å². The van der Waals surface area contributed by atoms with Crippen LogP contribution in [0.4, 0.5) is 5.69 Å². The third kappa shape index (κ3) is 2.81. The number of phenolic OH excluding ortho intramolecular Hbond substituents is 1. The summed E-state index contributed by atoms with van der Waals surface area (Å²) in [6.45, 7) is -0.00287. The van der Waals surface area contributed by atoms with E-state index >= 15 is 0 Å². The molecule has 7 heteroatoms. The fraction of sp³-hybridized carbons (Fsp3) is 0.0909. The summed E-state index contributed by atoms with van der Waals surface area (Å²) in [5, 5.41) is 11.3. The molecule has 0 fully saturated rings. The molecule has 18 heavy (non-hydrogen) atoms. The lowest BCUT2D eigenvalue weighted by Gasteiger charge is -2.07. The molecule has 0 saturated heterocycles. The van der Waals surface area contributed by atoms with E-state index in [1.54, 1.807) is 17.5 Å². The summed E-state index contributed by atoms with van der Waals surface area (Å²) in [6.07, 6.45) is 0. The third-order valence-corrected chi connectivity index (χ3v) is 5.11. The molecular formula is C11H12N2O3S2. The first kappa shape index (κ1) is 12.9. The number of nitrogen functional groups attached to an aromatic ring is 1. The normalized spacial score (nSPS) is 11.6. The molecule has 0 aliphatic heterocycles. The Hall–Kier alpha value is -1.57. The molecule has 0 bridgehead atoms. The Balaban J connectivity index is 2.15. The maximum atomic E-state index is 11.8. The highest BCUT2D eigenvalue weighted by Gasteiger charge is 2.15. The van der Waals surface area contributed by atoms with E-state index in [1.165, 1.54) is 18.2 Å². The van der Waals surface area contributed by atoms with Crippen molar-refractivity contribution in [3.05, 3.63) is 41.3 Å². The lowest BCUT2D eigenvalue weighted by Crippen LogP contribution is -2.22. The first-order valence-electron chi connectivity index (χ1n) is 5.09. The van der Waals surface area contributed by atoms with Crippen LogP contribution in [0.2, 0.25) is 0 Å². The van der Waals surface area contributed by atoms with Crippen LogP contribution in [0.1, 0.15) is 5.56 Å². The van der Waals surface area contributed by atoms with Crippen LogP contribution < -0.4 is 10.5 Å². The van der Waals surface area contributed by atoms with Crippen LogP contribution in [-0.2, 0) is 16.6 Å². The second-order valence-corrected chi connectivity index (χ2v) is 6.59. The first-order chi connectivity index (χ1) is 8.49. The molecule has 2 rings (SSSR count). The van der Waals surface area contributed by atoms with Gasteiger partial charge in [0.1, 0.15) is 9.96 Å². The topological polar surface area (TPSA) is 92.4 Å². The Morgan fingerprint density at radius 3 is 2.78 bits per heavy atom. The van der Waals surface area contributed by atoms with Crippen molar-refractivity contribution in [1.29, 1.82) is 0 Å². The summed E-state index contributed by atoms with van der Waals surface area (Å²) in [6, 6.07) is 7.70. The molecule has 0 radical (unpaired) electrons. The van der Waals surface area contributed by atoms with Crippen LogP contribution in [0.5, 0.6) is 5.75 Å². The zero-order chi connectivity index (χ0) is 13.2. The van der Waals surface area contributed by atoms with E-state index in [1.807, 2.05) is 0 Å². The van der Waals surface area contributed by atoms with Crippen molar-refractivity contribution in [2.75, 3.05) is 5.73 Å². The molecule has 2 aromatic rings. The van der Waals surface area contributed by atoms with E-state index in [-0.39, 0.29) is 16.5 Å². The van der Waals surface area contributed by atoms with Crippen molar-refractivity contribution in [1.82, 2.24) is 4.72 Å². The van der Waals surface area contributed by atoms with Gasteiger partial charge in [-0.2, -0.15) is 0 Å². The fourth-order valence-electron chi connectivity index (χ4n) is 1.41. The molecule has 0 unspecified atom stereocenters. The zero-order valence-corrected chi connectivity index (χ0v) is 11.0. The smallest absolute Gasteiger partial charge is 0.250 e. The summed E-state index contributed by atoms with van der Waals surface area (Å²) >= 11 is 1.13. The molecule has 0 aliphatic carbocycles. The maximum Gasteiger partial charge on any atom is 0.250 e. The van der Waals surface area contributed by atoms with Gasteiger partial charge in [0.05, 0.1) is 0 Å². The number of hydrogen-bond acceptors (Lipinski definition) is 5. The van der Waals surface area contributed by atoms with Gasteiger partial charge >= 0.3 is 0 Å². The number of sulfonamides is 1. The highest BCUT2D eigenvalue weighted by atomic mass is 32.2. The summed E-state index contributed by atoms with van der Waals surface area (Å²) in [5.41, 5.74) is 6.49. The minimum Gasteiger partial charge on any atom is -0.508 e. The predicted octanol–water partition coefficient (Wildman–Crippen LogP) is 1.51. The molecule has 1 aromatic carbocycles. The monoisotopic (exact) mass is 284 g/mol. The van der Waals surface area contributed by atoms with E-state index in [0.717, 1.165) is 11.3 Å². The molecule has 5 nitrogen and oxygen atoms in total. The number of phenols is 1. The van der Waals surface area contributed by atoms with Gasteiger partial charge in [-0.3, -0.25) is 0 Å². The molecule has 96 valence electrons. The lowest BCUT2D eigenvalue weighted by atomic mass is 10.2. The van der Waals surface area contributed by atoms with Crippen molar-refractivity contribution < 1.29 is 13.5 Å². The number of benzene rings is 1. The molecule has 0 amide bonds. The van der Waals surface area contributed by atoms with Crippen LogP contribution in [0.15, 0.2) is 39.9 Å². The molecule has 1 aromatic heterocycles. The lowest BCUT2D eigenvalue weighted by molar-refractivity contribution is 0.467. The van der Waals surface area contributed by atoms with Crippen molar-refractivity contribution in [3.63, 3.8) is 0 Å². The second kappa shape index (κ2) is 4.97. The Morgan fingerprint density at radius 1 is 1.33 bits per heavy atom. The van der Waals surface area contributed by atoms with E-state index in [0.29, 0.717) is 11.3 Å². The summed E-state index contributed by atoms with van der Waals surface area (Å²) in [5.74, 6) is 0.0121. The number of nitrogens with two attached hydrogens (primary N) is 1. The van der Waals surface area contributed by atoms with Gasteiger partial charge in [-0.05, 0) is 29.6 Å². The summed E-state index contributed by atoms with van der Waals surface area (Å²) in [7, 11) is -3.53. The molecule has 4 N–H and O–H groups in total. The Kier molecular flexibility index (Phi) is 3.55. The quantitative estimate of drug-likeness (QED) is 0.586. The number of nitrogens with one attached hydrogen (secondary N) is 1. The first-order valence-corrected chi connectivity index (χ1v) is 7.46. The van der Waals surface area contributed by atoms with E-state index in [9.17, 15) is 13.5 Å². The molecular weight excluding hydrogens is 272 g/mol.